The Balaban J connectivity index is 4.24. The second-order valence-electron chi connectivity index (χ2n) is 2.49. The molecule has 0 rings (SSSR count). The number of carboxylic acids is 2. The zero-order valence-electron chi connectivity index (χ0n) is 6.87. The maximum atomic E-state index is 10.4. The highest BCUT2D eigenvalue weighted by Crippen LogP contribution is 2.08. The first-order chi connectivity index (χ1) is 5.45. The molecule has 0 aromatic carbocycles. The quantitative estimate of drug-likeness (QED) is 0.589. The fourth-order valence-electron chi connectivity index (χ4n) is 0.514. The minimum Gasteiger partial charge on any atom is -0.481 e. The van der Waals surface area contributed by atoms with Gasteiger partial charge in [-0.15, -0.1) is 0 Å². The predicted octanol–water partition coefficient (Wildman–Crippen LogP) is 0.431. The van der Waals surface area contributed by atoms with E-state index in [2.05, 4.69) is 5.92 Å². The van der Waals surface area contributed by atoms with Gasteiger partial charge in [-0.1, -0.05) is 19.8 Å². The first-order valence-electron chi connectivity index (χ1n) is 3.42. The van der Waals surface area contributed by atoms with E-state index in [-0.39, 0.29) is 0 Å². The summed E-state index contributed by atoms with van der Waals surface area (Å²) in [5.41, 5.74) is 0. The summed E-state index contributed by atoms with van der Waals surface area (Å²) in [7, 11) is 0. The lowest BCUT2D eigenvalue weighted by Gasteiger charge is -2.07. The minimum atomic E-state index is -1.24. The molecule has 0 aliphatic rings. The van der Waals surface area contributed by atoms with Gasteiger partial charge in [-0.05, 0) is 0 Å². The summed E-state index contributed by atoms with van der Waals surface area (Å²) in [6.45, 7) is 3.07. The van der Waals surface area contributed by atoms with Crippen LogP contribution in [-0.4, -0.2) is 22.2 Å². The second-order valence-corrected chi connectivity index (χ2v) is 2.49. The SMILES string of the molecule is C[C@@H](C#CC(=O)O)[C@@H](C)C(=O)O. The third kappa shape index (κ3) is 3.62. The van der Waals surface area contributed by atoms with Gasteiger partial charge in [0.15, 0.2) is 0 Å². The molecule has 0 aliphatic heterocycles. The maximum absolute atomic E-state index is 10.4. The highest BCUT2D eigenvalue weighted by Gasteiger charge is 2.16. The molecule has 0 amide bonds. The zero-order chi connectivity index (χ0) is 9.72. The average molecular weight is 170 g/mol. The molecule has 66 valence electrons. The van der Waals surface area contributed by atoms with Crippen LogP contribution in [0.1, 0.15) is 13.8 Å². The molecule has 0 heterocycles. The normalized spacial score (nSPS) is 13.8. The first-order valence-corrected chi connectivity index (χ1v) is 3.42. The molecule has 2 N–H and O–H groups in total. The summed E-state index contributed by atoms with van der Waals surface area (Å²) < 4.78 is 0. The molecule has 4 nitrogen and oxygen atoms in total. The van der Waals surface area contributed by atoms with Crippen LogP contribution >= 0.6 is 0 Å². The Bertz CT molecular complexity index is 246. The molecule has 0 aromatic heterocycles. The van der Waals surface area contributed by atoms with Crippen LogP contribution in [0.5, 0.6) is 0 Å². The fourth-order valence-corrected chi connectivity index (χ4v) is 0.514. The summed E-state index contributed by atoms with van der Waals surface area (Å²) in [5.74, 6) is 0.923. The number of hydrogen-bond donors (Lipinski definition) is 2. The number of carbonyl (C=O) groups is 2. The Morgan fingerprint density at radius 2 is 1.75 bits per heavy atom. The van der Waals surface area contributed by atoms with Crippen molar-refractivity contribution in [1.29, 1.82) is 0 Å². The smallest absolute Gasteiger partial charge is 0.381 e. The van der Waals surface area contributed by atoms with Crippen LogP contribution in [0.4, 0.5) is 0 Å². The summed E-state index contributed by atoms with van der Waals surface area (Å²) in [6, 6.07) is 0. The monoisotopic (exact) mass is 170 g/mol. The molecule has 0 aromatic rings. The Morgan fingerprint density at radius 3 is 2.08 bits per heavy atom. The Morgan fingerprint density at radius 1 is 1.25 bits per heavy atom. The summed E-state index contributed by atoms with van der Waals surface area (Å²) in [5, 5.41) is 16.7. The molecule has 2 atom stereocenters. The van der Waals surface area contributed by atoms with Gasteiger partial charge in [-0.3, -0.25) is 4.79 Å². The van der Waals surface area contributed by atoms with Crippen molar-refractivity contribution >= 4 is 11.9 Å². The number of carboxylic acid groups (broad SMARTS) is 2. The van der Waals surface area contributed by atoms with E-state index in [1.54, 1.807) is 6.92 Å². The highest BCUT2D eigenvalue weighted by molar-refractivity contribution is 5.86. The topological polar surface area (TPSA) is 74.6 Å². The van der Waals surface area contributed by atoms with Crippen LogP contribution in [0.25, 0.3) is 0 Å². The van der Waals surface area contributed by atoms with Crippen molar-refractivity contribution in [2.24, 2.45) is 11.8 Å². The van der Waals surface area contributed by atoms with E-state index in [0.717, 1.165) is 0 Å². The van der Waals surface area contributed by atoms with Crippen molar-refractivity contribution in [2.45, 2.75) is 13.8 Å². The van der Waals surface area contributed by atoms with Crippen LogP contribution in [0, 0.1) is 23.7 Å². The number of rotatable bonds is 2. The van der Waals surface area contributed by atoms with Crippen LogP contribution in [0.3, 0.4) is 0 Å². The van der Waals surface area contributed by atoms with E-state index in [0.29, 0.717) is 0 Å². The fraction of sp³-hybridized carbons (Fsp3) is 0.500. The van der Waals surface area contributed by atoms with Crippen molar-refractivity contribution in [3.8, 4) is 11.8 Å². The lowest BCUT2D eigenvalue weighted by atomic mass is 9.97. The first kappa shape index (κ1) is 10.5. The van der Waals surface area contributed by atoms with Crippen molar-refractivity contribution < 1.29 is 19.8 Å². The van der Waals surface area contributed by atoms with Gasteiger partial charge in [0.25, 0.3) is 0 Å². The molecule has 0 unspecified atom stereocenters. The Kier molecular flexibility index (Phi) is 3.84. The van der Waals surface area contributed by atoms with E-state index in [1.165, 1.54) is 6.92 Å². The zero-order valence-corrected chi connectivity index (χ0v) is 6.87. The molecule has 4 heteroatoms. The van der Waals surface area contributed by atoms with Crippen molar-refractivity contribution in [3.63, 3.8) is 0 Å². The van der Waals surface area contributed by atoms with Gasteiger partial charge >= 0.3 is 11.9 Å². The lowest BCUT2D eigenvalue weighted by Crippen LogP contribution is -2.16. The predicted molar refractivity (Wildman–Crippen MR) is 41.4 cm³/mol. The van der Waals surface area contributed by atoms with Crippen LogP contribution in [0.2, 0.25) is 0 Å². The molecule has 0 saturated carbocycles. The molecular formula is C8H10O4. The van der Waals surface area contributed by atoms with Gasteiger partial charge in [0.2, 0.25) is 0 Å². The van der Waals surface area contributed by atoms with Crippen LogP contribution in [0.15, 0.2) is 0 Å². The highest BCUT2D eigenvalue weighted by atomic mass is 16.4. The van der Waals surface area contributed by atoms with E-state index in [1.807, 2.05) is 5.92 Å². The maximum Gasteiger partial charge on any atom is 0.381 e. The van der Waals surface area contributed by atoms with Gasteiger partial charge < -0.3 is 10.2 Å². The molecular weight excluding hydrogens is 160 g/mol. The molecule has 0 radical (unpaired) electrons. The van der Waals surface area contributed by atoms with E-state index >= 15 is 0 Å². The van der Waals surface area contributed by atoms with E-state index in [4.69, 9.17) is 10.2 Å². The van der Waals surface area contributed by atoms with Crippen molar-refractivity contribution in [2.75, 3.05) is 0 Å². The van der Waals surface area contributed by atoms with Crippen molar-refractivity contribution in [3.05, 3.63) is 0 Å². The standard InChI is InChI=1S/C8H10O4/c1-5(3-4-7(9)10)6(2)8(11)12/h5-6H,1-2H3,(H,9,10)(H,11,12)/t5-,6+/m0/s1. The van der Waals surface area contributed by atoms with Gasteiger partial charge in [-0.2, -0.15) is 0 Å². The lowest BCUT2D eigenvalue weighted by molar-refractivity contribution is -0.142. The largest absolute Gasteiger partial charge is 0.481 e. The van der Waals surface area contributed by atoms with Crippen LogP contribution in [-0.2, 0) is 9.59 Å². The molecule has 0 aliphatic carbocycles. The Hall–Kier alpha value is -1.50. The van der Waals surface area contributed by atoms with Crippen LogP contribution < -0.4 is 0 Å². The number of aliphatic carboxylic acids is 2. The molecule has 0 spiro atoms. The average Bonchev–Trinajstić information content (AvgIpc) is 1.98. The minimum absolute atomic E-state index is 0.446. The summed E-state index contributed by atoms with van der Waals surface area (Å²) >= 11 is 0. The summed E-state index contributed by atoms with van der Waals surface area (Å²) in [4.78, 5) is 20.3. The summed E-state index contributed by atoms with van der Waals surface area (Å²) in [6.07, 6.45) is 0. The van der Waals surface area contributed by atoms with Gasteiger partial charge in [0.05, 0.1) is 5.92 Å². The third-order valence-corrected chi connectivity index (χ3v) is 1.55. The Labute approximate surface area is 70.2 Å². The molecule has 0 saturated heterocycles. The van der Waals surface area contributed by atoms with Gasteiger partial charge in [-0.25, -0.2) is 4.79 Å². The van der Waals surface area contributed by atoms with Gasteiger partial charge in [0, 0.05) is 11.8 Å². The third-order valence-electron chi connectivity index (χ3n) is 1.55. The van der Waals surface area contributed by atoms with E-state index in [9.17, 15) is 9.59 Å². The van der Waals surface area contributed by atoms with Gasteiger partial charge in [0.1, 0.15) is 0 Å². The molecule has 12 heavy (non-hydrogen) atoms. The molecule has 0 fully saturated rings. The second kappa shape index (κ2) is 4.39. The molecule has 0 bridgehead atoms. The van der Waals surface area contributed by atoms with E-state index < -0.39 is 23.8 Å². The number of hydrogen-bond acceptors (Lipinski definition) is 2. The van der Waals surface area contributed by atoms with Crippen molar-refractivity contribution in [1.82, 2.24) is 0 Å².